The normalized spacial score (nSPS) is 9.68. The predicted molar refractivity (Wildman–Crippen MR) is 68.7 cm³/mol. The summed E-state index contributed by atoms with van der Waals surface area (Å²) in [7, 11) is 0. The zero-order valence-electron chi connectivity index (χ0n) is 10.1. The largest absolute Gasteiger partial charge is 0.348 e. The third kappa shape index (κ3) is 3.39. The van der Waals surface area contributed by atoms with Crippen molar-refractivity contribution in [2.24, 2.45) is 0 Å². The van der Waals surface area contributed by atoms with Gasteiger partial charge in [0.05, 0.1) is 11.6 Å². The Morgan fingerprint density at radius 1 is 1.11 bits per heavy atom. The van der Waals surface area contributed by atoms with Crippen LogP contribution in [-0.4, -0.2) is 5.91 Å². The molecule has 0 aliphatic heterocycles. The third-order valence-corrected chi connectivity index (χ3v) is 2.64. The molecule has 0 aliphatic rings. The van der Waals surface area contributed by atoms with Gasteiger partial charge in [-0.25, -0.2) is 4.39 Å². The Kier molecular flexibility index (Phi) is 3.89. The molecule has 2 rings (SSSR count). The highest BCUT2D eigenvalue weighted by Crippen LogP contribution is 2.05. The Morgan fingerprint density at radius 3 is 2.32 bits per heavy atom. The predicted octanol–water partition coefficient (Wildman–Crippen LogP) is 2.63. The highest BCUT2D eigenvalue weighted by Gasteiger charge is 2.05. The number of carbonyl (C=O) groups excluding carboxylic acids is 1. The number of nitrogens with zero attached hydrogens (tertiary/aromatic N) is 1. The number of benzene rings is 2. The summed E-state index contributed by atoms with van der Waals surface area (Å²) in [5.41, 5.74) is 1.89. The molecule has 0 unspecified atom stereocenters. The maximum Gasteiger partial charge on any atom is 0.251 e. The van der Waals surface area contributed by atoms with Gasteiger partial charge < -0.3 is 5.32 Å². The molecule has 0 atom stereocenters. The molecule has 0 saturated heterocycles. The van der Waals surface area contributed by atoms with Crippen molar-refractivity contribution in [2.45, 2.75) is 6.54 Å². The van der Waals surface area contributed by atoms with E-state index in [2.05, 4.69) is 5.32 Å². The molecule has 0 aliphatic carbocycles. The molecule has 1 amide bonds. The Labute approximate surface area is 110 Å². The zero-order chi connectivity index (χ0) is 13.7. The molecule has 0 saturated carbocycles. The second kappa shape index (κ2) is 5.78. The van der Waals surface area contributed by atoms with Crippen LogP contribution in [0.3, 0.4) is 0 Å². The summed E-state index contributed by atoms with van der Waals surface area (Å²) in [5, 5.41) is 11.4. The standard InChI is InChI=1S/C15H11FN2O/c16-14-7-5-13(6-8-14)15(19)18-10-12-3-1-11(9-17)2-4-12/h1-8H,10H2,(H,18,19). The average Bonchev–Trinajstić information content (AvgIpc) is 2.46. The molecule has 1 N–H and O–H groups in total. The number of nitrogens with one attached hydrogen (secondary N) is 1. The van der Waals surface area contributed by atoms with Gasteiger partial charge in [-0.2, -0.15) is 5.26 Å². The van der Waals surface area contributed by atoms with E-state index in [1.54, 1.807) is 24.3 Å². The minimum Gasteiger partial charge on any atom is -0.348 e. The van der Waals surface area contributed by atoms with Gasteiger partial charge in [0, 0.05) is 12.1 Å². The number of carbonyl (C=O) groups is 1. The van der Waals surface area contributed by atoms with E-state index < -0.39 is 0 Å². The number of hydrogen-bond acceptors (Lipinski definition) is 2. The zero-order valence-corrected chi connectivity index (χ0v) is 10.1. The molecule has 0 bridgehead atoms. The van der Waals surface area contributed by atoms with E-state index in [1.807, 2.05) is 6.07 Å². The smallest absolute Gasteiger partial charge is 0.251 e. The minimum atomic E-state index is -0.372. The Bertz CT molecular complexity index is 612. The quantitative estimate of drug-likeness (QED) is 0.915. The van der Waals surface area contributed by atoms with E-state index in [0.29, 0.717) is 17.7 Å². The van der Waals surface area contributed by atoms with E-state index >= 15 is 0 Å². The molecule has 0 spiro atoms. The van der Waals surface area contributed by atoms with Gasteiger partial charge in [-0.05, 0) is 42.0 Å². The van der Waals surface area contributed by atoms with E-state index in [-0.39, 0.29) is 11.7 Å². The first-order valence-electron chi connectivity index (χ1n) is 5.72. The lowest BCUT2D eigenvalue weighted by Crippen LogP contribution is -2.22. The topological polar surface area (TPSA) is 52.9 Å². The van der Waals surface area contributed by atoms with Crippen molar-refractivity contribution in [1.82, 2.24) is 5.32 Å². The highest BCUT2D eigenvalue weighted by molar-refractivity contribution is 5.94. The third-order valence-electron chi connectivity index (χ3n) is 2.64. The number of amides is 1. The van der Waals surface area contributed by atoms with Crippen molar-refractivity contribution in [1.29, 1.82) is 5.26 Å². The Morgan fingerprint density at radius 2 is 1.74 bits per heavy atom. The first kappa shape index (κ1) is 12.8. The van der Waals surface area contributed by atoms with E-state index in [9.17, 15) is 9.18 Å². The minimum absolute atomic E-state index is 0.260. The molecular formula is C15H11FN2O. The van der Waals surface area contributed by atoms with Crippen LogP contribution < -0.4 is 5.32 Å². The molecule has 2 aromatic rings. The monoisotopic (exact) mass is 254 g/mol. The molecule has 0 fully saturated rings. The van der Waals surface area contributed by atoms with Gasteiger partial charge in [0.2, 0.25) is 0 Å². The average molecular weight is 254 g/mol. The lowest BCUT2D eigenvalue weighted by atomic mass is 10.1. The molecule has 2 aromatic carbocycles. The molecular weight excluding hydrogens is 243 g/mol. The molecule has 19 heavy (non-hydrogen) atoms. The summed E-state index contributed by atoms with van der Waals surface area (Å²) < 4.78 is 12.7. The number of hydrogen-bond donors (Lipinski definition) is 1. The van der Waals surface area contributed by atoms with Crippen molar-refractivity contribution in [2.75, 3.05) is 0 Å². The maximum atomic E-state index is 12.7. The molecule has 94 valence electrons. The Balaban J connectivity index is 1.96. The molecule has 3 nitrogen and oxygen atoms in total. The lowest BCUT2D eigenvalue weighted by molar-refractivity contribution is 0.0951. The van der Waals surface area contributed by atoms with E-state index in [4.69, 9.17) is 5.26 Å². The van der Waals surface area contributed by atoms with Crippen molar-refractivity contribution >= 4 is 5.91 Å². The van der Waals surface area contributed by atoms with Crippen LogP contribution in [0.1, 0.15) is 21.5 Å². The fourth-order valence-electron chi connectivity index (χ4n) is 1.58. The van der Waals surface area contributed by atoms with Crippen molar-refractivity contribution in [3.63, 3.8) is 0 Å². The van der Waals surface area contributed by atoms with Crippen LogP contribution in [-0.2, 0) is 6.54 Å². The summed E-state index contributed by atoms with van der Waals surface area (Å²) in [6.45, 7) is 0.363. The van der Waals surface area contributed by atoms with Gasteiger partial charge in [0.1, 0.15) is 5.82 Å². The van der Waals surface area contributed by atoms with Crippen LogP contribution in [0.4, 0.5) is 4.39 Å². The second-order valence-electron chi connectivity index (χ2n) is 4.00. The summed E-state index contributed by atoms with van der Waals surface area (Å²) in [6, 6.07) is 14.3. The molecule has 0 heterocycles. The van der Waals surface area contributed by atoms with Crippen LogP contribution in [0.15, 0.2) is 48.5 Å². The van der Waals surface area contributed by atoms with Gasteiger partial charge in [-0.1, -0.05) is 12.1 Å². The van der Waals surface area contributed by atoms with Crippen LogP contribution in [0.5, 0.6) is 0 Å². The second-order valence-corrected chi connectivity index (χ2v) is 4.00. The number of rotatable bonds is 3. The van der Waals surface area contributed by atoms with Gasteiger partial charge in [0.25, 0.3) is 5.91 Å². The molecule has 4 heteroatoms. The van der Waals surface area contributed by atoms with Gasteiger partial charge >= 0.3 is 0 Å². The summed E-state index contributed by atoms with van der Waals surface area (Å²) in [6.07, 6.45) is 0. The SMILES string of the molecule is N#Cc1ccc(CNC(=O)c2ccc(F)cc2)cc1. The Hall–Kier alpha value is -2.67. The number of halogens is 1. The van der Waals surface area contributed by atoms with E-state index in [1.165, 1.54) is 24.3 Å². The van der Waals surface area contributed by atoms with Crippen molar-refractivity contribution in [3.8, 4) is 6.07 Å². The molecule has 0 radical (unpaired) electrons. The summed E-state index contributed by atoms with van der Waals surface area (Å²) in [5.74, 6) is -0.631. The summed E-state index contributed by atoms with van der Waals surface area (Å²) >= 11 is 0. The van der Waals surface area contributed by atoms with Gasteiger partial charge in [-0.15, -0.1) is 0 Å². The fourth-order valence-corrected chi connectivity index (χ4v) is 1.58. The van der Waals surface area contributed by atoms with Gasteiger partial charge in [-0.3, -0.25) is 4.79 Å². The van der Waals surface area contributed by atoms with Crippen LogP contribution in [0, 0.1) is 17.1 Å². The highest BCUT2D eigenvalue weighted by atomic mass is 19.1. The van der Waals surface area contributed by atoms with Crippen LogP contribution >= 0.6 is 0 Å². The first-order valence-corrected chi connectivity index (χ1v) is 5.72. The van der Waals surface area contributed by atoms with Crippen molar-refractivity contribution in [3.05, 3.63) is 71.0 Å². The first-order chi connectivity index (χ1) is 9.19. The van der Waals surface area contributed by atoms with Gasteiger partial charge in [0.15, 0.2) is 0 Å². The fraction of sp³-hybridized carbons (Fsp3) is 0.0667. The number of nitriles is 1. The molecule has 0 aromatic heterocycles. The van der Waals surface area contributed by atoms with Crippen LogP contribution in [0.2, 0.25) is 0 Å². The van der Waals surface area contributed by atoms with Crippen LogP contribution in [0.25, 0.3) is 0 Å². The lowest BCUT2D eigenvalue weighted by Gasteiger charge is -2.05. The van der Waals surface area contributed by atoms with Crippen molar-refractivity contribution < 1.29 is 9.18 Å². The maximum absolute atomic E-state index is 12.7. The van der Waals surface area contributed by atoms with E-state index in [0.717, 1.165) is 5.56 Å². The summed E-state index contributed by atoms with van der Waals surface area (Å²) in [4.78, 5) is 11.8.